The molecule has 5 nitrogen and oxygen atoms in total. The van der Waals surface area contributed by atoms with E-state index in [-0.39, 0.29) is 18.7 Å². The largest absolute Gasteiger partial charge is 0.444 e. The number of Topliss-reactive ketones (excluding diaryl/α,β-unsaturated/α-hetero) is 1. The molecule has 17 heavy (non-hydrogen) atoms. The summed E-state index contributed by atoms with van der Waals surface area (Å²) in [6.45, 7) is 7.34. The van der Waals surface area contributed by atoms with Crippen LogP contribution < -0.4 is 0 Å². The Morgan fingerprint density at radius 2 is 2.12 bits per heavy atom. The zero-order valence-corrected chi connectivity index (χ0v) is 10.7. The number of hydrogen-bond donors (Lipinski definition) is 0. The van der Waals surface area contributed by atoms with E-state index in [1.54, 1.807) is 27.7 Å². The van der Waals surface area contributed by atoms with Gasteiger partial charge in [0.25, 0.3) is 0 Å². The summed E-state index contributed by atoms with van der Waals surface area (Å²) < 4.78 is 5.22. The van der Waals surface area contributed by atoms with Crippen molar-refractivity contribution in [2.24, 2.45) is 5.41 Å². The molecular weight excluding hydrogens is 220 g/mol. The van der Waals surface area contributed by atoms with Gasteiger partial charge in [-0.05, 0) is 27.7 Å². The molecule has 0 spiro atoms. The van der Waals surface area contributed by atoms with Crippen LogP contribution in [0.2, 0.25) is 0 Å². The Morgan fingerprint density at radius 1 is 1.53 bits per heavy atom. The summed E-state index contributed by atoms with van der Waals surface area (Å²) in [6, 6.07) is 1.98. The molecule has 0 aromatic carbocycles. The van der Waals surface area contributed by atoms with E-state index in [9.17, 15) is 9.59 Å². The van der Waals surface area contributed by atoms with Crippen molar-refractivity contribution < 1.29 is 14.3 Å². The van der Waals surface area contributed by atoms with E-state index in [4.69, 9.17) is 10.00 Å². The van der Waals surface area contributed by atoms with Crippen LogP contribution in [0.15, 0.2) is 0 Å². The Hall–Kier alpha value is -1.57. The smallest absolute Gasteiger partial charge is 0.410 e. The molecule has 0 aliphatic carbocycles. The van der Waals surface area contributed by atoms with Crippen LogP contribution in [0.5, 0.6) is 0 Å². The van der Waals surface area contributed by atoms with Gasteiger partial charge in [-0.25, -0.2) is 4.79 Å². The molecule has 1 aliphatic heterocycles. The summed E-state index contributed by atoms with van der Waals surface area (Å²) >= 11 is 0. The molecule has 0 radical (unpaired) electrons. The highest BCUT2D eigenvalue weighted by Gasteiger charge is 2.41. The summed E-state index contributed by atoms with van der Waals surface area (Å²) in [6.07, 6.45) is -0.255. The fourth-order valence-corrected chi connectivity index (χ4v) is 1.64. The van der Waals surface area contributed by atoms with Crippen LogP contribution in [-0.4, -0.2) is 35.5 Å². The zero-order valence-electron chi connectivity index (χ0n) is 10.7. The second-order valence-electron chi connectivity index (χ2n) is 5.52. The van der Waals surface area contributed by atoms with Gasteiger partial charge in [-0.15, -0.1) is 0 Å². The predicted octanol–water partition coefficient (Wildman–Crippen LogP) is 1.73. The minimum Gasteiger partial charge on any atom is -0.444 e. The first-order valence-electron chi connectivity index (χ1n) is 5.60. The maximum Gasteiger partial charge on any atom is 0.410 e. The van der Waals surface area contributed by atoms with Gasteiger partial charge in [-0.2, -0.15) is 5.26 Å². The molecule has 0 aromatic rings. The average Bonchev–Trinajstić information content (AvgIpc) is 2.19. The summed E-state index contributed by atoms with van der Waals surface area (Å²) in [5.41, 5.74) is -1.67. The fraction of sp³-hybridized carbons (Fsp3) is 0.750. The van der Waals surface area contributed by atoms with Crippen LogP contribution in [0, 0.1) is 16.7 Å². The number of ether oxygens (including phenoxy) is 1. The van der Waals surface area contributed by atoms with Gasteiger partial charge in [0, 0.05) is 19.5 Å². The predicted molar refractivity (Wildman–Crippen MR) is 61.2 cm³/mol. The lowest BCUT2D eigenvalue weighted by molar-refractivity contribution is -0.128. The molecule has 94 valence electrons. The standard InChI is InChI=1S/C12H18N2O3/c1-11(2,3)17-10(16)14-6-5-9(15)12(4,7-13)8-14/h5-6,8H2,1-4H3. The third-order valence-corrected chi connectivity index (χ3v) is 2.63. The van der Waals surface area contributed by atoms with Crippen molar-refractivity contribution in [2.75, 3.05) is 13.1 Å². The van der Waals surface area contributed by atoms with Crippen LogP contribution in [0.1, 0.15) is 34.1 Å². The number of likely N-dealkylation sites (tertiary alicyclic amines) is 1. The molecule has 1 atom stereocenters. The van der Waals surface area contributed by atoms with Crippen LogP contribution in [-0.2, 0) is 9.53 Å². The lowest BCUT2D eigenvalue weighted by Crippen LogP contribution is -2.50. The lowest BCUT2D eigenvalue weighted by Gasteiger charge is -2.35. The average molecular weight is 238 g/mol. The van der Waals surface area contributed by atoms with Crippen molar-refractivity contribution in [2.45, 2.75) is 39.7 Å². The second kappa shape index (κ2) is 4.36. The Morgan fingerprint density at radius 3 is 2.59 bits per heavy atom. The highest BCUT2D eigenvalue weighted by molar-refractivity contribution is 5.89. The molecule has 1 amide bonds. The number of carbonyl (C=O) groups is 2. The number of nitrogens with zero attached hydrogens (tertiary/aromatic N) is 2. The second-order valence-corrected chi connectivity index (χ2v) is 5.52. The highest BCUT2D eigenvalue weighted by Crippen LogP contribution is 2.26. The first kappa shape index (κ1) is 13.5. The number of piperidine rings is 1. The molecule has 0 N–H and O–H groups in total. The van der Waals surface area contributed by atoms with E-state index in [2.05, 4.69) is 0 Å². The molecule has 1 fully saturated rings. The van der Waals surface area contributed by atoms with E-state index in [0.717, 1.165) is 0 Å². The lowest BCUT2D eigenvalue weighted by atomic mass is 9.82. The molecule has 1 saturated heterocycles. The van der Waals surface area contributed by atoms with Crippen molar-refractivity contribution in [1.82, 2.24) is 4.90 Å². The minimum absolute atomic E-state index is 0.108. The topological polar surface area (TPSA) is 70.4 Å². The Bertz CT molecular complexity index is 378. The van der Waals surface area contributed by atoms with Gasteiger partial charge in [0.15, 0.2) is 5.78 Å². The van der Waals surface area contributed by atoms with Crippen molar-refractivity contribution in [3.05, 3.63) is 0 Å². The number of carbonyl (C=O) groups excluding carboxylic acids is 2. The van der Waals surface area contributed by atoms with E-state index in [1.165, 1.54) is 4.90 Å². The summed E-state index contributed by atoms with van der Waals surface area (Å²) in [4.78, 5) is 24.8. The molecular formula is C12H18N2O3. The quantitative estimate of drug-likeness (QED) is 0.644. The Balaban J connectivity index is 2.73. The maximum atomic E-state index is 11.8. The van der Waals surface area contributed by atoms with Gasteiger partial charge < -0.3 is 9.64 Å². The molecule has 0 bridgehead atoms. The molecule has 0 aromatic heterocycles. The summed E-state index contributed by atoms with van der Waals surface area (Å²) in [5, 5.41) is 9.00. The molecule has 1 unspecified atom stereocenters. The first-order valence-corrected chi connectivity index (χ1v) is 5.60. The third kappa shape index (κ3) is 3.19. The number of amides is 1. The van der Waals surface area contributed by atoms with Crippen molar-refractivity contribution >= 4 is 11.9 Å². The normalized spacial score (nSPS) is 25.4. The number of ketones is 1. The number of rotatable bonds is 0. The van der Waals surface area contributed by atoms with Crippen molar-refractivity contribution in [3.8, 4) is 6.07 Å². The van der Waals surface area contributed by atoms with Gasteiger partial charge in [-0.3, -0.25) is 4.79 Å². The summed E-state index contributed by atoms with van der Waals surface area (Å²) in [5.74, 6) is -0.111. The molecule has 1 rings (SSSR count). The van der Waals surface area contributed by atoms with Gasteiger partial charge in [0.2, 0.25) is 0 Å². The van der Waals surface area contributed by atoms with Crippen LogP contribution >= 0.6 is 0 Å². The SMILES string of the molecule is CC(C)(C)OC(=O)N1CCC(=O)C(C)(C#N)C1. The van der Waals surface area contributed by atoms with E-state index < -0.39 is 17.1 Å². The fourth-order valence-electron chi connectivity index (χ4n) is 1.64. The zero-order chi connectivity index (χ0) is 13.3. The van der Waals surface area contributed by atoms with Crippen molar-refractivity contribution in [1.29, 1.82) is 5.26 Å². The van der Waals surface area contributed by atoms with E-state index in [0.29, 0.717) is 6.54 Å². The molecule has 1 aliphatic rings. The van der Waals surface area contributed by atoms with Crippen LogP contribution in [0.3, 0.4) is 0 Å². The molecule has 5 heteroatoms. The van der Waals surface area contributed by atoms with Gasteiger partial charge in [-0.1, -0.05) is 0 Å². The van der Waals surface area contributed by atoms with Crippen LogP contribution in [0.4, 0.5) is 4.79 Å². The highest BCUT2D eigenvalue weighted by atomic mass is 16.6. The third-order valence-electron chi connectivity index (χ3n) is 2.63. The molecule has 1 heterocycles. The Labute approximate surface area is 101 Å². The van der Waals surface area contributed by atoms with Crippen molar-refractivity contribution in [3.63, 3.8) is 0 Å². The number of hydrogen-bond acceptors (Lipinski definition) is 4. The van der Waals surface area contributed by atoms with E-state index in [1.807, 2.05) is 6.07 Å². The summed E-state index contributed by atoms with van der Waals surface area (Å²) in [7, 11) is 0. The minimum atomic E-state index is -1.10. The first-order chi connectivity index (χ1) is 7.68. The van der Waals surface area contributed by atoms with Crippen LogP contribution in [0.25, 0.3) is 0 Å². The van der Waals surface area contributed by atoms with E-state index >= 15 is 0 Å². The van der Waals surface area contributed by atoms with Gasteiger partial charge >= 0.3 is 6.09 Å². The molecule has 0 saturated carbocycles. The Kier molecular flexibility index (Phi) is 3.46. The maximum absolute atomic E-state index is 11.8. The van der Waals surface area contributed by atoms with Gasteiger partial charge in [0.1, 0.15) is 11.0 Å². The monoisotopic (exact) mass is 238 g/mol. The number of nitriles is 1. The van der Waals surface area contributed by atoms with Gasteiger partial charge in [0.05, 0.1) is 6.07 Å².